The van der Waals surface area contributed by atoms with Crippen LogP contribution in [-0.4, -0.2) is 41.8 Å². The molecule has 2 N–H and O–H groups in total. The molecule has 0 amide bonds. The molecule has 0 spiro atoms. The predicted octanol–water partition coefficient (Wildman–Crippen LogP) is 5.84. The summed E-state index contributed by atoms with van der Waals surface area (Å²) >= 11 is 7.41. The Morgan fingerprint density at radius 1 is 1.28 bits per heavy atom. The topological polar surface area (TPSA) is 72.0 Å². The van der Waals surface area contributed by atoms with Crippen LogP contribution in [0.25, 0.3) is 15.9 Å². The van der Waals surface area contributed by atoms with Crippen LogP contribution in [0.2, 0.25) is 5.02 Å². The van der Waals surface area contributed by atoms with Crippen molar-refractivity contribution in [2.24, 2.45) is 5.92 Å². The fraction of sp³-hybridized carbons (Fsp3) is 0.348. The van der Waals surface area contributed by atoms with Crippen LogP contribution < -0.4 is 10.6 Å². The lowest BCUT2D eigenvalue weighted by Gasteiger charge is -2.06. The Balaban J connectivity index is 1.81. The number of nitrogens with one attached hydrogen (secondary N) is 2. The second kappa shape index (κ2) is 12.0. The molecule has 0 bridgehead atoms. The number of halogens is 2. The Morgan fingerprint density at radius 3 is 2.88 bits per heavy atom. The highest BCUT2D eigenvalue weighted by atomic mass is 35.5. The number of anilines is 2. The van der Waals surface area contributed by atoms with E-state index >= 15 is 0 Å². The third-order valence-electron chi connectivity index (χ3n) is 4.41. The highest BCUT2D eigenvalue weighted by molar-refractivity contribution is 7.19. The summed E-state index contributed by atoms with van der Waals surface area (Å²) in [5.41, 5.74) is 2.35. The summed E-state index contributed by atoms with van der Waals surface area (Å²) < 4.78 is 18.5. The van der Waals surface area contributed by atoms with Gasteiger partial charge in [-0.25, -0.2) is 19.3 Å². The maximum Gasteiger partial charge on any atom is 0.161 e. The summed E-state index contributed by atoms with van der Waals surface area (Å²) in [6, 6.07) is 4.44. The van der Waals surface area contributed by atoms with Crippen molar-refractivity contribution in [1.82, 2.24) is 20.3 Å². The van der Waals surface area contributed by atoms with E-state index in [9.17, 15) is 4.39 Å². The lowest BCUT2D eigenvalue weighted by atomic mass is 10.1. The van der Waals surface area contributed by atoms with Crippen LogP contribution in [0.4, 0.5) is 15.9 Å². The monoisotopic (exact) mass is 475 g/mol. The van der Waals surface area contributed by atoms with Crippen LogP contribution >= 0.6 is 22.9 Å². The van der Waals surface area contributed by atoms with Crippen LogP contribution in [0.3, 0.4) is 0 Å². The summed E-state index contributed by atoms with van der Waals surface area (Å²) in [4.78, 5) is 14.3. The molecule has 0 saturated heterocycles. The zero-order chi connectivity index (χ0) is 22.9. The second-order valence-electron chi connectivity index (χ2n) is 7.45. The van der Waals surface area contributed by atoms with Gasteiger partial charge in [0.05, 0.1) is 11.6 Å². The van der Waals surface area contributed by atoms with Crippen LogP contribution in [0.5, 0.6) is 0 Å². The van der Waals surface area contributed by atoms with Crippen LogP contribution in [0.1, 0.15) is 25.3 Å². The molecule has 0 aliphatic rings. The van der Waals surface area contributed by atoms with Crippen LogP contribution in [-0.2, 0) is 4.74 Å². The number of thiazole rings is 1. The average molecular weight is 476 g/mol. The fourth-order valence-corrected chi connectivity index (χ4v) is 4.03. The largest absolute Gasteiger partial charge is 0.383 e. The minimum Gasteiger partial charge on any atom is -0.383 e. The Hall–Kier alpha value is -2.39. The van der Waals surface area contributed by atoms with Gasteiger partial charge in [-0.15, -0.1) is 0 Å². The summed E-state index contributed by atoms with van der Waals surface area (Å²) in [5, 5.41) is 7.42. The number of methoxy groups -OCH3 is 1. The number of ether oxygens (including phenoxy) is 1. The Morgan fingerprint density at radius 2 is 2.12 bits per heavy atom. The van der Waals surface area contributed by atoms with Crippen molar-refractivity contribution in [1.29, 1.82) is 0 Å². The van der Waals surface area contributed by atoms with Gasteiger partial charge in [0, 0.05) is 24.9 Å². The Kier molecular flexibility index (Phi) is 9.11. The van der Waals surface area contributed by atoms with Crippen molar-refractivity contribution >= 4 is 50.4 Å². The van der Waals surface area contributed by atoms with Crippen LogP contribution in [0.15, 0.2) is 42.8 Å². The minimum absolute atomic E-state index is 0.0447. The first-order chi connectivity index (χ1) is 15.5. The lowest BCUT2D eigenvalue weighted by Crippen LogP contribution is -2.19. The molecule has 170 valence electrons. The molecule has 0 fully saturated rings. The van der Waals surface area contributed by atoms with Crippen molar-refractivity contribution in [3.63, 3.8) is 0 Å². The van der Waals surface area contributed by atoms with Gasteiger partial charge in [-0.05, 0) is 37.1 Å². The maximum absolute atomic E-state index is 13.5. The third-order valence-corrected chi connectivity index (χ3v) is 5.71. The SMILES string of the molecule is COCCNCC/C=C\C(=C/C(C)C)c1nc2c(Nc3ccc(F)c(Cl)c3)ncnc2s1. The summed E-state index contributed by atoms with van der Waals surface area (Å²) in [6.45, 7) is 6.70. The molecule has 3 aromatic rings. The normalized spacial score (nSPS) is 12.4. The van der Waals surface area contributed by atoms with Gasteiger partial charge in [0.2, 0.25) is 0 Å². The number of hydrogen-bond donors (Lipinski definition) is 2. The molecule has 3 rings (SSSR count). The van der Waals surface area contributed by atoms with Gasteiger partial charge in [0.25, 0.3) is 0 Å². The van der Waals surface area contributed by atoms with E-state index in [1.165, 1.54) is 29.8 Å². The number of allylic oxidation sites excluding steroid dienone is 3. The van der Waals surface area contributed by atoms with E-state index in [0.717, 1.165) is 34.9 Å². The van der Waals surface area contributed by atoms with E-state index < -0.39 is 5.82 Å². The molecule has 1 aromatic carbocycles. The van der Waals surface area contributed by atoms with Gasteiger partial charge in [-0.1, -0.05) is 55.0 Å². The van der Waals surface area contributed by atoms with Gasteiger partial charge < -0.3 is 15.4 Å². The average Bonchev–Trinajstić information content (AvgIpc) is 3.20. The number of aromatic nitrogens is 3. The van der Waals surface area contributed by atoms with Gasteiger partial charge in [0.1, 0.15) is 27.5 Å². The number of fused-ring (bicyclic) bond motifs is 1. The van der Waals surface area contributed by atoms with E-state index in [4.69, 9.17) is 21.3 Å². The molecule has 0 radical (unpaired) electrons. The molecule has 32 heavy (non-hydrogen) atoms. The van der Waals surface area contributed by atoms with E-state index in [1.807, 2.05) is 0 Å². The molecule has 0 aliphatic carbocycles. The molecule has 0 saturated carbocycles. The first kappa shape index (κ1) is 24.3. The number of nitrogens with zero attached hydrogens (tertiary/aromatic N) is 3. The second-order valence-corrected chi connectivity index (χ2v) is 8.83. The highest BCUT2D eigenvalue weighted by Gasteiger charge is 2.14. The van der Waals surface area contributed by atoms with E-state index in [-0.39, 0.29) is 5.02 Å². The van der Waals surface area contributed by atoms with Gasteiger partial charge in [0.15, 0.2) is 5.82 Å². The highest BCUT2D eigenvalue weighted by Crippen LogP contribution is 2.32. The van der Waals surface area contributed by atoms with Gasteiger partial charge >= 0.3 is 0 Å². The molecule has 0 unspecified atom stereocenters. The predicted molar refractivity (Wildman–Crippen MR) is 131 cm³/mol. The Bertz CT molecular complexity index is 1100. The number of hydrogen-bond acceptors (Lipinski definition) is 7. The molecular formula is C23H27ClFN5OS. The number of benzene rings is 1. The van der Waals surface area contributed by atoms with Gasteiger partial charge in [-0.2, -0.15) is 0 Å². The summed E-state index contributed by atoms with van der Waals surface area (Å²) in [5.74, 6) is 0.451. The van der Waals surface area contributed by atoms with Crippen molar-refractivity contribution < 1.29 is 9.13 Å². The minimum atomic E-state index is -0.467. The molecule has 6 nitrogen and oxygen atoms in total. The summed E-state index contributed by atoms with van der Waals surface area (Å²) in [7, 11) is 1.70. The number of rotatable bonds is 11. The van der Waals surface area contributed by atoms with E-state index in [0.29, 0.717) is 29.5 Å². The Labute approximate surface area is 196 Å². The van der Waals surface area contributed by atoms with Crippen molar-refractivity contribution in [2.75, 3.05) is 32.1 Å². The molecule has 0 aliphatic heterocycles. The van der Waals surface area contributed by atoms with Gasteiger partial charge in [-0.3, -0.25) is 0 Å². The maximum atomic E-state index is 13.5. The van der Waals surface area contributed by atoms with Crippen molar-refractivity contribution in [3.8, 4) is 0 Å². The molecular weight excluding hydrogens is 449 g/mol. The van der Waals surface area contributed by atoms with E-state index in [1.54, 1.807) is 13.2 Å². The zero-order valence-electron chi connectivity index (χ0n) is 18.4. The molecule has 9 heteroatoms. The van der Waals surface area contributed by atoms with Crippen molar-refractivity contribution in [3.05, 3.63) is 58.6 Å². The van der Waals surface area contributed by atoms with Crippen LogP contribution in [0, 0.1) is 11.7 Å². The van der Waals surface area contributed by atoms with Crippen molar-refractivity contribution in [2.45, 2.75) is 20.3 Å². The third kappa shape index (κ3) is 6.80. The molecule has 2 heterocycles. The quantitative estimate of drug-likeness (QED) is 0.268. The first-order valence-electron chi connectivity index (χ1n) is 10.4. The van der Waals surface area contributed by atoms with E-state index in [2.05, 4.69) is 52.7 Å². The smallest absolute Gasteiger partial charge is 0.161 e. The summed E-state index contributed by atoms with van der Waals surface area (Å²) in [6.07, 6.45) is 8.83. The fourth-order valence-electron chi connectivity index (χ4n) is 2.93. The zero-order valence-corrected chi connectivity index (χ0v) is 19.9. The first-order valence-corrected chi connectivity index (χ1v) is 11.6. The molecule has 0 atom stereocenters. The molecule has 2 aromatic heterocycles. The standard InChI is InChI=1S/C23H27ClFN5OS/c1-15(2)12-16(6-4-5-9-26-10-11-31-3)22-30-20-21(27-14-28-23(20)32-22)29-17-7-8-19(25)18(24)13-17/h4,6-8,12-15,26H,5,9-11H2,1-3H3,(H,27,28,29)/b6-4-,16-12+. The lowest BCUT2D eigenvalue weighted by molar-refractivity contribution is 0.199.